The van der Waals surface area contributed by atoms with Crippen LogP contribution in [0.2, 0.25) is 0 Å². The van der Waals surface area contributed by atoms with Crippen LogP contribution in [0.3, 0.4) is 0 Å². The monoisotopic (exact) mass is 253 g/mol. The van der Waals surface area contributed by atoms with Crippen LogP contribution in [0.15, 0.2) is 30.5 Å². The van der Waals surface area contributed by atoms with E-state index in [1.807, 2.05) is 0 Å². The van der Waals surface area contributed by atoms with Crippen molar-refractivity contribution < 1.29 is 13.5 Å². The third kappa shape index (κ3) is 3.44. The molecule has 6 heteroatoms. The average molecular weight is 253 g/mol. The second-order valence-electron chi connectivity index (χ2n) is 3.81. The van der Waals surface area contributed by atoms with Crippen molar-refractivity contribution in [1.29, 1.82) is 0 Å². The van der Waals surface area contributed by atoms with Crippen LogP contribution in [0.4, 0.5) is 14.6 Å². The molecule has 0 aliphatic heterocycles. The summed E-state index contributed by atoms with van der Waals surface area (Å²) in [6.07, 6.45) is 2.43. The minimum atomic E-state index is -0.648. The van der Waals surface area contributed by atoms with Crippen molar-refractivity contribution in [1.82, 2.24) is 9.78 Å². The predicted octanol–water partition coefficient (Wildman–Crippen LogP) is 2.21. The number of aryl methyl sites for hydroxylation is 1. The molecule has 0 spiro atoms. The van der Waals surface area contributed by atoms with Crippen molar-refractivity contribution in [2.75, 3.05) is 12.3 Å². The van der Waals surface area contributed by atoms with E-state index >= 15 is 0 Å². The molecule has 0 unspecified atom stereocenters. The first-order valence-electron chi connectivity index (χ1n) is 5.51. The summed E-state index contributed by atoms with van der Waals surface area (Å²) in [6.45, 7) is 0.984. The van der Waals surface area contributed by atoms with Gasteiger partial charge in [-0.05, 0) is 6.07 Å². The Hall–Kier alpha value is -2.11. The van der Waals surface area contributed by atoms with Crippen molar-refractivity contribution in [3.63, 3.8) is 0 Å². The van der Waals surface area contributed by atoms with Crippen LogP contribution in [0, 0.1) is 11.6 Å². The van der Waals surface area contributed by atoms with E-state index in [9.17, 15) is 8.78 Å². The molecule has 1 aromatic carbocycles. The maximum atomic E-state index is 12.9. The van der Waals surface area contributed by atoms with Gasteiger partial charge in [-0.2, -0.15) is 5.10 Å². The van der Waals surface area contributed by atoms with E-state index < -0.39 is 11.6 Å². The zero-order valence-corrected chi connectivity index (χ0v) is 9.64. The largest absolute Gasteiger partial charge is 0.493 e. The van der Waals surface area contributed by atoms with Crippen molar-refractivity contribution in [3.05, 3.63) is 42.1 Å². The number of nitrogen functional groups attached to an aromatic ring is 1. The minimum absolute atomic E-state index is 0.187. The SMILES string of the molecule is Nc1ccn(CCCOc2cc(F)cc(F)c2)n1. The number of nitrogens with two attached hydrogens (primary N) is 1. The second kappa shape index (κ2) is 5.48. The third-order valence-corrected chi connectivity index (χ3v) is 2.30. The number of hydrogen-bond acceptors (Lipinski definition) is 3. The number of rotatable bonds is 5. The Balaban J connectivity index is 1.78. The predicted molar refractivity (Wildman–Crippen MR) is 63.1 cm³/mol. The summed E-state index contributed by atoms with van der Waals surface area (Å²) < 4.78 is 32.6. The molecule has 0 bridgehead atoms. The Labute approximate surface area is 103 Å². The zero-order chi connectivity index (χ0) is 13.0. The highest BCUT2D eigenvalue weighted by Gasteiger charge is 2.01. The number of hydrogen-bond donors (Lipinski definition) is 1. The summed E-state index contributed by atoms with van der Waals surface area (Å²) in [5.41, 5.74) is 5.46. The molecule has 0 amide bonds. The lowest BCUT2D eigenvalue weighted by atomic mass is 10.3. The normalized spacial score (nSPS) is 10.6. The van der Waals surface area contributed by atoms with Crippen LogP contribution in [-0.2, 0) is 6.54 Å². The molecule has 0 fully saturated rings. The second-order valence-corrected chi connectivity index (χ2v) is 3.81. The van der Waals surface area contributed by atoms with E-state index in [-0.39, 0.29) is 5.75 Å². The van der Waals surface area contributed by atoms with Crippen LogP contribution >= 0.6 is 0 Å². The van der Waals surface area contributed by atoms with Crippen LogP contribution in [-0.4, -0.2) is 16.4 Å². The molecule has 2 rings (SSSR count). The van der Waals surface area contributed by atoms with Crippen LogP contribution < -0.4 is 10.5 Å². The van der Waals surface area contributed by atoms with Gasteiger partial charge >= 0.3 is 0 Å². The summed E-state index contributed by atoms with van der Waals surface area (Å²) in [7, 11) is 0. The summed E-state index contributed by atoms with van der Waals surface area (Å²) in [5.74, 6) is -0.648. The topological polar surface area (TPSA) is 53.1 Å². The van der Waals surface area contributed by atoms with Crippen molar-refractivity contribution >= 4 is 5.82 Å². The van der Waals surface area contributed by atoms with Gasteiger partial charge in [0.1, 0.15) is 23.2 Å². The van der Waals surface area contributed by atoms with Gasteiger partial charge in [0.2, 0.25) is 0 Å². The Morgan fingerprint density at radius 1 is 1.22 bits per heavy atom. The number of benzene rings is 1. The van der Waals surface area contributed by atoms with E-state index in [0.29, 0.717) is 25.4 Å². The first kappa shape index (κ1) is 12.3. The molecule has 0 aliphatic rings. The number of aromatic nitrogens is 2. The molecule has 0 atom stereocenters. The summed E-state index contributed by atoms with van der Waals surface area (Å²) in [6, 6.07) is 4.80. The van der Waals surface area contributed by atoms with E-state index in [2.05, 4.69) is 5.10 Å². The summed E-state index contributed by atoms with van der Waals surface area (Å²) >= 11 is 0. The minimum Gasteiger partial charge on any atom is -0.493 e. The molecule has 0 saturated carbocycles. The van der Waals surface area contributed by atoms with Crippen LogP contribution in [0.25, 0.3) is 0 Å². The Morgan fingerprint density at radius 2 is 1.94 bits per heavy atom. The molecule has 0 saturated heterocycles. The molecule has 2 aromatic rings. The Kier molecular flexibility index (Phi) is 3.76. The molecule has 18 heavy (non-hydrogen) atoms. The maximum Gasteiger partial charge on any atom is 0.145 e. The van der Waals surface area contributed by atoms with Gasteiger partial charge in [-0.15, -0.1) is 0 Å². The highest BCUT2D eigenvalue weighted by molar-refractivity contribution is 5.24. The van der Waals surface area contributed by atoms with Gasteiger partial charge in [0.15, 0.2) is 0 Å². The van der Waals surface area contributed by atoms with Crippen LogP contribution in [0.1, 0.15) is 6.42 Å². The fourth-order valence-corrected chi connectivity index (χ4v) is 1.53. The third-order valence-electron chi connectivity index (χ3n) is 2.30. The molecule has 1 heterocycles. The van der Waals surface area contributed by atoms with Gasteiger partial charge in [0, 0.05) is 37.4 Å². The van der Waals surface area contributed by atoms with Crippen molar-refractivity contribution in [2.24, 2.45) is 0 Å². The fraction of sp³-hybridized carbons (Fsp3) is 0.250. The van der Waals surface area contributed by atoms with Crippen LogP contribution in [0.5, 0.6) is 5.75 Å². The lowest BCUT2D eigenvalue weighted by molar-refractivity contribution is 0.296. The quantitative estimate of drug-likeness (QED) is 0.831. The molecule has 2 N–H and O–H groups in total. The Bertz CT molecular complexity index is 508. The lowest BCUT2D eigenvalue weighted by Crippen LogP contribution is -2.05. The molecule has 0 radical (unpaired) electrons. The van der Waals surface area contributed by atoms with Gasteiger partial charge in [0.05, 0.1) is 6.61 Å². The zero-order valence-electron chi connectivity index (χ0n) is 9.64. The molecule has 1 aromatic heterocycles. The maximum absolute atomic E-state index is 12.9. The van der Waals surface area contributed by atoms with Crippen molar-refractivity contribution in [2.45, 2.75) is 13.0 Å². The number of halogens is 2. The number of ether oxygens (including phenoxy) is 1. The summed E-state index contributed by atoms with van der Waals surface area (Å²) in [5, 5.41) is 4.00. The van der Waals surface area contributed by atoms with E-state index in [4.69, 9.17) is 10.5 Å². The standard InChI is InChI=1S/C12H13F2N3O/c13-9-6-10(14)8-11(7-9)18-5-1-3-17-4-2-12(15)16-17/h2,4,6-8H,1,3,5H2,(H2,15,16). The van der Waals surface area contributed by atoms with Gasteiger partial charge in [0.25, 0.3) is 0 Å². The highest BCUT2D eigenvalue weighted by Crippen LogP contribution is 2.15. The van der Waals surface area contributed by atoms with Gasteiger partial charge in [-0.3, -0.25) is 4.68 Å². The molecular weight excluding hydrogens is 240 g/mol. The fourth-order valence-electron chi connectivity index (χ4n) is 1.53. The molecule has 96 valence electrons. The number of anilines is 1. The van der Waals surface area contributed by atoms with Crippen molar-refractivity contribution in [3.8, 4) is 5.75 Å². The average Bonchev–Trinajstić information content (AvgIpc) is 2.69. The molecule has 0 aliphatic carbocycles. The summed E-state index contributed by atoms with van der Waals surface area (Å²) in [4.78, 5) is 0. The lowest BCUT2D eigenvalue weighted by Gasteiger charge is -2.06. The first-order chi connectivity index (χ1) is 8.63. The van der Waals surface area contributed by atoms with E-state index in [1.54, 1.807) is 16.9 Å². The molecular formula is C12H13F2N3O. The number of nitrogens with zero attached hydrogens (tertiary/aromatic N) is 2. The van der Waals surface area contributed by atoms with Gasteiger partial charge in [-0.25, -0.2) is 8.78 Å². The van der Waals surface area contributed by atoms with Gasteiger partial charge < -0.3 is 10.5 Å². The van der Waals surface area contributed by atoms with E-state index in [0.717, 1.165) is 18.2 Å². The smallest absolute Gasteiger partial charge is 0.145 e. The first-order valence-corrected chi connectivity index (χ1v) is 5.51. The van der Waals surface area contributed by atoms with E-state index in [1.165, 1.54) is 0 Å². The van der Waals surface area contributed by atoms with Gasteiger partial charge in [-0.1, -0.05) is 0 Å². The highest BCUT2D eigenvalue weighted by atomic mass is 19.1. The Morgan fingerprint density at radius 3 is 2.56 bits per heavy atom. The molecule has 4 nitrogen and oxygen atoms in total.